The number of hydrogen-bond donors (Lipinski definition) is 0. The van der Waals surface area contributed by atoms with Crippen LogP contribution in [0, 0.1) is 0 Å². The Labute approximate surface area is 124 Å². The van der Waals surface area contributed by atoms with Gasteiger partial charge in [0.05, 0.1) is 0 Å². The van der Waals surface area contributed by atoms with E-state index < -0.39 is 0 Å². The third-order valence-electron chi connectivity index (χ3n) is 2.88. The van der Waals surface area contributed by atoms with Gasteiger partial charge in [0.25, 0.3) is 0 Å². The fourth-order valence-corrected chi connectivity index (χ4v) is 1.86. The van der Waals surface area contributed by atoms with Crippen LogP contribution >= 0.6 is 0 Å². The second kappa shape index (κ2) is 18.0. The van der Waals surface area contributed by atoms with Crippen LogP contribution in [0.3, 0.4) is 0 Å². The molecule has 0 rings (SSSR count). The molecule has 0 atom stereocenters. The summed E-state index contributed by atoms with van der Waals surface area (Å²) in [6.07, 6.45) is 17.3. The first-order valence-electron chi connectivity index (χ1n) is 6.76. The van der Waals surface area contributed by atoms with Crippen molar-refractivity contribution in [2.75, 3.05) is 0 Å². The fraction of sp³-hybridized carbons (Fsp3) is 0.929. The molecule has 90 valence electrons. The Hall–Kier alpha value is 0.670. The van der Waals surface area contributed by atoms with E-state index in [2.05, 4.69) is 6.92 Å². The molecule has 0 saturated heterocycles. The molecule has 16 heavy (non-hydrogen) atoms. The van der Waals surface area contributed by atoms with Crippen LogP contribution in [-0.4, -0.2) is 6.29 Å². The van der Waals surface area contributed by atoms with Gasteiger partial charge in [-0.2, -0.15) is 6.42 Å². The summed E-state index contributed by atoms with van der Waals surface area (Å²) in [5, 5.41) is 0. The maximum absolute atomic E-state index is 9.94. The van der Waals surface area contributed by atoms with E-state index in [0.29, 0.717) is 6.42 Å². The Morgan fingerprint density at radius 1 is 0.688 bits per heavy atom. The number of hydrogen-bond acceptors (Lipinski definition) is 1. The normalized spacial score (nSPS) is 9.81. The molecule has 0 aliphatic heterocycles. The van der Waals surface area contributed by atoms with E-state index in [-0.39, 0.29) is 29.6 Å². The van der Waals surface area contributed by atoms with E-state index in [0.717, 1.165) is 6.42 Å². The summed E-state index contributed by atoms with van der Waals surface area (Å²) >= 11 is 0. The van der Waals surface area contributed by atoms with Crippen LogP contribution in [0.2, 0.25) is 0 Å². The van der Waals surface area contributed by atoms with Gasteiger partial charge in [-0.3, -0.25) is 6.29 Å². The first kappa shape index (κ1) is 19.0. The smallest absolute Gasteiger partial charge is 0.542 e. The summed E-state index contributed by atoms with van der Waals surface area (Å²) in [7, 11) is 0. The standard InChI is InChI=1S/C14H27O.Na/c1-2-3-4-5-6-7-8-9-10-11-12-13-14-15;/h2-13H2,1H3;/q-1;+1. The van der Waals surface area contributed by atoms with Crippen molar-refractivity contribution in [1.82, 2.24) is 0 Å². The molecule has 0 fully saturated rings. The van der Waals surface area contributed by atoms with Crippen molar-refractivity contribution in [1.29, 1.82) is 0 Å². The van der Waals surface area contributed by atoms with Gasteiger partial charge in [-0.1, -0.05) is 77.6 Å². The van der Waals surface area contributed by atoms with Crippen LogP contribution in [-0.2, 0) is 4.79 Å². The minimum Gasteiger partial charge on any atom is -0.542 e. The van der Waals surface area contributed by atoms with Crippen LogP contribution in [0.15, 0.2) is 0 Å². The van der Waals surface area contributed by atoms with E-state index >= 15 is 0 Å². The molecule has 0 spiro atoms. The molecule has 0 saturated carbocycles. The molecule has 0 bridgehead atoms. The summed E-state index contributed by atoms with van der Waals surface area (Å²) in [6.45, 7) is 2.26. The zero-order valence-electron chi connectivity index (χ0n) is 11.4. The molecule has 0 aromatic heterocycles. The van der Waals surface area contributed by atoms with Crippen molar-refractivity contribution < 1.29 is 34.4 Å². The van der Waals surface area contributed by atoms with Crippen LogP contribution in [0.1, 0.15) is 84.0 Å². The third-order valence-corrected chi connectivity index (χ3v) is 2.88. The number of carbonyl (C=O) groups excluding carboxylic acids is 1. The zero-order valence-corrected chi connectivity index (χ0v) is 13.4. The molecule has 0 radical (unpaired) electrons. The molecule has 1 nitrogen and oxygen atoms in total. The molecule has 0 aliphatic carbocycles. The van der Waals surface area contributed by atoms with E-state index in [1.165, 1.54) is 64.2 Å². The molecular weight excluding hydrogens is 207 g/mol. The maximum atomic E-state index is 9.94. The van der Waals surface area contributed by atoms with Crippen molar-refractivity contribution in [3.8, 4) is 0 Å². The average molecular weight is 234 g/mol. The summed E-state index contributed by atoms with van der Waals surface area (Å²) < 4.78 is 0. The Balaban J connectivity index is 0. The first-order valence-corrected chi connectivity index (χ1v) is 6.76. The summed E-state index contributed by atoms with van der Waals surface area (Å²) in [6, 6.07) is 0. The first-order chi connectivity index (χ1) is 7.41. The molecule has 0 N–H and O–H groups in total. The van der Waals surface area contributed by atoms with Crippen molar-refractivity contribution in [3.05, 3.63) is 0 Å². The minimum atomic E-state index is 0. The average Bonchev–Trinajstić information content (AvgIpc) is 2.26. The predicted octanol–water partition coefficient (Wildman–Crippen LogP) is 1.80. The summed E-state index contributed by atoms with van der Waals surface area (Å²) in [4.78, 5) is 9.94. The second-order valence-electron chi connectivity index (χ2n) is 4.43. The Morgan fingerprint density at radius 2 is 1.06 bits per heavy atom. The largest absolute Gasteiger partial charge is 1.00 e. The molecule has 0 aliphatic rings. The van der Waals surface area contributed by atoms with E-state index in [4.69, 9.17) is 0 Å². The minimum absolute atomic E-state index is 0. The zero-order chi connectivity index (χ0) is 11.2. The van der Waals surface area contributed by atoms with Gasteiger partial charge in [0.15, 0.2) is 0 Å². The van der Waals surface area contributed by atoms with Gasteiger partial charge >= 0.3 is 29.6 Å². The van der Waals surface area contributed by atoms with E-state index in [9.17, 15) is 4.79 Å². The summed E-state index contributed by atoms with van der Waals surface area (Å²) in [5.41, 5.74) is 0. The SMILES string of the molecule is CCCCCCCCCCCCC[C-]=O.[Na+]. The molecule has 0 aromatic carbocycles. The van der Waals surface area contributed by atoms with Gasteiger partial charge in [0.2, 0.25) is 0 Å². The molecule has 0 unspecified atom stereocenters. The Bertz CT molecular complexity index is 126. The van der Waals surface area contributed by atoms with E-state index in [1.807, 2.05) is 6.29 Å². The number of unbranched alkanes of at least 4 members (excludes halogenated alkanes) is 11. The molecular formula is C14H27NaO. The topological polar surface area (TPSA) is 17.1 Å². The van der Waals surface area contributed by atoms with Gasteiger partial charge in [-0.15, -0.1) is 0 Å². The molecule has 0 heterocycles. The van der Waals surface area contributed by atoms with Crippen molar-refractivity contribution in [3.63, 3.8) is 0 Å². The second-order valence-corrected chi connectivity index (χ2v) is 4.43. The van der Waals surface area contributed by atoms with Gasteiger partial charge in [-0.25, -0.2) is 0 Å². The van der Waals surface area contributed by atoms with Gasteiger partial charge in [-0.05, 0) is 0 Å². The quantitative estimate of drug-likeness (QED) is 0.286. The Kier molecular flexibility index (Phi) is 21.5. The molecule has 0 amide bonds. The fourth-order valence-electron chi connectivity index (χ4n) is 1.86. The number of rotatable bonds is 12. The molecule has 0 aromatic rings. The Morgan fingerprint density at radius 3 is 1.44 bits per heavy atom. The van der Waals surface area contributed by atoms with Crippen LogP contribution in [0.4, 0.5) is 0 Å². The van der Waals surface area contributed by atoms with Crippen LogP contribution in [0.5, 0.6) is 0 Å². The summed E-state index contributed by atoms with van der Waals surface area (Å²) in [5.74, 6) is 0. The monoisotopic (exact) mass is 234 g/mol. The maximum Gasteiger partial charge on any atom is 1.00 e. The predicted molar refractivity (Wildman–Crippen MR) is 66.8 cm³/mol. The van der Waals surface area contributed by atoms with Crippen LogP contribution < -0.4 is 29.6 Å². The van der Waals surface area contributed by atoms with Crippen molar-refractivity contribution >= 4 is 6.29 Å². The van der Waals surface area contributed by atoms with Crippen molar-refractivity contribution in [2.24, 2.45) is 0 Å². The van der Waals surface area contributed by atoms with Gasteiger partial charge < -0.3 is 4.79 Å². The molecule has 2 heteroatoms. The van der Waals surface area contributed by atoms with E-state index in [1.54, 1.807) is 0 Å². The van der Waals surface area contributed by atoms with Crippen LogP contribution in [0.25, 0.3) is 0 Å². The van der Waals surface area contributed by atoms with Crippen molar-refractivity contribution in [2.45, 2.75) is 84.0 Å². The van der Waals surface area contributed by atoms with Gasteiger partial charge in [0, 0.05) is 0 Å². The van der Waals surface area contributed by atoms with Gasteiger partial charge in [0.1, 0.15) is 0 Å². The third kappa shape index (κ3) is 17.1.